The monoisotopic (exact) mass is 1110 g/mol. The normalized spacial score (nSPS) is 13.3. The van der Waals surface area contributed by atoms with Gasteiger partial charge in [0, 0.05) is 19.3 Å². The number of hydrogen-bond donors (Lipinski definition) is 0. The Labute approximate surface area is 498 Å². The Morgan fingerprint density at radius 1 is 0.259 bits per heavy atom. The highest BCUT2D eigenvalue weighted by molar-refractivity contribution is 5.71. The van der Waals surface area contributed by atoms with Gasteiger partial charge < -0.3 is 14.2 Å². The highest BCUT2D eigenvalue weighted by Crippen LogP contribution is 2.13. The molecule has 0 spiro atoms. The second kappa shape index (κ2) is 67.3. The molecule has 0 aliphatic rings. The van der Waals surface area contributed by atoms with Gasteiger partial charge in [0.1, 0.15) is 13.2 Å². The number of unbranched alkanes of at least 4 members (excludes halogenated alkanes) is 18. The van der Waals surface area contributed by atoms with Gasteiger partial charge in [-0.05, 0) is 154 Å². The molecule has 0 aliphatic carbocycles. The van der Waals surface area contributed by atoms with Crippen LogP contribution in [0.5, 0.6) is 0 Å². The van der Waals surface area contributed by atoms with E-state index in [2.05, 4.69) is 191 Å². The van der Waals surface area contributed by atoms with E-state index >= 15 is 0 Å². The fourth-order valence-corrected chi connectivity index (χ4v) is 8.36. The van der Waals surface area contributed by atoms with E-state index in [4.69, 9.17) is 14.2 Å². The molecule has 454 valence electrons. The molecule has 0 saturated carbocycles. The van der Waals surface area contributed by atoms with E-state index in [1.165, 1.54) is 51.4 Å². The molecule has 0 fully saturated rings. The lowest BCUT2D eigenvalue weighted by Gasteiger charge is -2.18. The number of carbonyl (C=O) groups is 3. The highest BCUT2D eigenvalue weighted by Gasteiger charge is 2.19. The van der Waals surface area contributed by atoms with E-state index in [-0.39, 0.29) is 37.5 Å². The molecular weight excluding hydrogens is 997 g/mol. The quantitative estimate of drug-likeness (QED) is 0.0261. The first-order valence-corrected chi connectivity index (χ1v) is 32.6. The van der Waals surface area contributed by atoms with Crippen molar-refractivity contribution in [2.45, 2.75) is 271 Å². The van der Waals surface area contributed by atoms with E-state index in [0.717, 1.165) is 173 Å². The number of ether oxygens (including phenoxy) is 3. The van der Waals surface area contributed by atoms with Gasteiger partial charge in [-0.25, -0.2) is 0 Å². The number of rotatable bonds is 57. The second-order valence-corrected chi connectivity index (χ2v) is 20.9. The van der Waals surface area contributed by atoms with E-state index in [1.807, 2.05) is 0 Å². The minimum atomic E-state index is -0.818. The standard InChI is InChI=1S/C75H118O6/c1-4-7-10-13-16-19-22-25-28-30-31-32-33-34-35-36-37-38-39-40-41-42-43-45-47-50-53-56-59-62-65-68-74(77)80-71-72(70-79-73(76)67-64-61-58-55-52-49-46-27-24-21-18-15-12-9-6-3)81-75(78)69-66-63-60-57-54-51-48-44-29-26-23-20-17-14-11-8-5-2/h7-8,10-11,16-17,19-20,25-29,31-32,34-35,37-38,40-41,43,45-46,48,50-51,53,72H,4-6,9,12-15,18,21-24,30,33,36,39,42,44,47,49,52,54-71H2,1-3H3/b10-7-,11-8-,19-16-,20-17-,28-25-,29-26-,32-31-,35-34-,38-37-,41-40-,45-43-,46-27-,51-48-,53-50-. The molecule has 0 N–H and O–H groups in total. The average Bonchev–Trinajstić information content (AvgIpc) is 3.47. The van der Waals surface area contributed by atoms with Crippen LogP contribution < -0.4 is 0 Å². The maximum atomic E-state index is 12.9. The molecule has 0 aromatic rings. The lowest BCUT2D eigenvalue weighted by molar-refractivity contribution is -0.167. The third-order valence-electron chi connectivity index (χ3n) is 13.2. The van der Waals surface area contributed by atoms with E-state index in [9.17, 15) is 14.4 Å². The van der Waals surface area contributed by atoms with Gasteiger partial charge in [0.15, 0.2) is 6.10 Å². The molecule has 0 heterocycles. The summed E-state index contributed by atoms with van der Waals surface area (Å²) < 4.78 is 16.9. The maximum absolute atomic E-state index is 12.9. The lowest BCUT2D eigenvalue weighted by Crippen LogP contribution is -2.30. The summed E-state index contributed by atoms with van der Waals surface area (Å²) in [5, 5.41) is 0. The van der Waals surface area contributed by atoms with Crippen LogP contribution >= 0.6 is 0 Å². The molecule has 0 saturated heterocycles. The molecule has 0 rings (SSSR count). The molecule has 1 atom stereocenters. The van der Waals surface area contributed by atoms with Crippen molar-refractivity contribution < 1.29 is 28.6 Å². The van der Waals surface area contributed by atoms with Crippen molar-refractivity contribution in [2.75, 3.05) is 13.2 Å². The molecule has 6 nitrogen and oxygen atoms in total. The Kier molecular flexibility index (Phi) is 62.9. The third kappa shape index (κ3) is 65.5. The zero-order valence-electron chi connectivity index (χ0n) is 52.0. The van der Waals surface area contributed by atoms with Crippen LogP contribution in [-0.4, -0.2) is 37.2 Å². The predicted octanol–water partition coefficient (Wildman–Crippen LogP) is 22.7. The van der Waals surface area contributed by atoms with Gasteiger partial charge >= 0.3 is 17.9 Å². The summed E-state index contributed by atoms with van der Waals surface area (Å²) >= 11 is 0. The van der Waals surface area contributed by atoms with Gasteiger partial charge in [0.25, 0.3) is 0 Å². The topological polar surface area (TPSA) is 78.9 Å². The summed E-state index contributed by atoms with van der Waals surface area (Å²) in [6.07, 6.45) is 99.3. The average molecular weight is 1120 g/mol. The van der Waals surface area contributed by atoms with Crippen molar-refractivity contribution in [2.24, 2.45) is 0 Å². The minimum absolute atomic E-state index is 0.110. The fourth-order valence-electron chi connectivity index (χ4n) is 8.36. The molecule has 0 amide bonds. The van der Waals surface area contributed by atoms with E-state index in [0.29, 0.717) is 12.8 Å². The van der Waals surface area contributed by atoms with Crippen LogP contribution in [0.25, 0.3) is 0 Å². The zero-order chi connectivity index (χ0) is 58.5. The Morgan fingerprint density at radius 3 is 0.778 bits per heavy atom. The summed E-state index contributed by atoms with van der Waals surface area (Å²) in [7, 11) is 0. The molecule has 0 bridgehead atoms. The predicted molar refractivity (Wildman–Crippen MR) is 352 cm³/mol. The first-order valence-electron chi connectivity index (χ1n) is 32.6. The first-order chi connectivity index (χ1) is 40.0. The van der Waals surface area contributed by atoms with Crippen LogP contribution in [0.1, 0.15) is 265 Å². The summed E-state index contributed by atoms with van der Waals surface area (Å²) in [6.45, 7) is 6.35. The highest BCUT2D eigenvalue weighted by atomic mass is 16.6. The number of carbonyl (C=O) groups excluding carboxylic acids is 3. The van der Waals surface area contributed by atoms with Crippen LogP contribution in [0, 0.1) is 0 Å². The molecule has 0 aromatic heterocycles. The molecule has 81 heavy (non-hydrogen) atoms. The van der Waals surface area contributed by atoms with Crippen molar-refractivity contribution >= 4 is 17.9 Å². The van der Waals surface area contributed by atoms with E-state index in [1.54, 1.807) is 0 Å². The van der Waals surface area contributed by atoms with Gasteiger partial charge in [-0.1, -0.05) is 262 Å². The Morgan fingerprint density at radius 2 is 0.481 bits per heavy atom. The van der Waals surface area contributed by atoms with Gasteiger partial charge in [0.2, 0.25) is 0 Å². The summed E-state index contributed by atoms with van der Waals surface area (Å²) in [4.78, 5) is 38.3. The molecule has 0 radical (unpaired) electrons. The molecule has 0 aliphatic heterocycles. The van der Waals surface area contributed by atoms with Crippen LogP contribution in [0.4, 0.5) is 0 Å². The number of esters is 3. The summed E-state index contributed by atoms with van der Waals surface area (Å²) in [6, 6.07) is 0. The van der Waals surface area contributed by atoms with Crippen LogP contribution in [-0.2, 0) is 28.6 Å². The Hall–Kier alpha value is -5.23. The van der Waals surface area contributed by atoms with Crippen molar-refractivity contribution in [1.29, 1.82) is 0 Å². The van der Waals surface area contributed by atoms with Crippen LogP contribution in [0.3, 0.4) is 0 Å². The van der Waals surface area contributed by atoms with Gasteiger partial charge in [-0.15, -0.1) is 0 Å². The van der Waals surface area contributed by atoms with Crippen molar-refractivity contribution in [3.8, 4) is 0 Å². The first kappa shape index (κ1) is 75.8. The van der Waals surface area contributed by atoms with E-state index < -0.39 is 6.10 Å². The largest absolute Gasteiger partial charge is 0.462 e. The van der Waals surface area contributed by atoms with Gasteiger partial charge in [0.05, 0.1) is 0 Å². The molecular formula is C75H118O6. The molecule has 0 aromatic carbocycles. The third-order valence-corrected chi connectivity index (χ3v) is 13.2. The number of hydrogen-bond acceptors (Lipinski definition) is 6. The van der Waals surface area contributed by atoms with Gasteiger partial charge in [-0.3, -0.25) is 14.4 Å². The maximum Gasteiger partial charge on any atom is 0.306 e. The minimum Gasteiger partial charge on any atom is -0.462 e. The van der Waals surface area contributed by atoms with Crippen molar-refractivity contribution in [3.63, 3.8) is 0 Å². The summed E-state index contributed by atoms with van der Waals surface area (Å²) in [5.41, 5.74) is 0. The smallest absolute Gasteiger partial charge is 0.306 e. The lowest BCUT2D eigenvalue weighted by atomic mass is 10.1. The van der Waals surface area contributed by atoms with Crippen LogP contribution in [0.15, 0.2) is 170 Å². The Bertz CT molecular complexity index is 1860. The fraction of sp³-hybridized carbons (Fsp3) is 0.587. The molecule has 1 unspecified atom stereocenters. The van der Waals surface area contributed by atoms with Gasteiger partial charge in [-0.2, -0.15) is 0 Å². The zero-order valence-corrected chi connectivity index (χ0v) is 52.0. The number of allylic oxidation sites excluding steroid dienone is 28. The van der Waals surface area contributed by atoms with Crippen molar-refractivity contribution in [1.82, 2.24) is 0 Å². The Balaban J connectivity index is 4.46. The summed E-state index contributed by atoms with van der Waals surface area (Å²) in [5.74, 6) is -0.980. The second-order valence-electron chi connectivity index (χ2n) is 20.9. The molecule has 6 heteroatoms. The SMILES string of the molecule is CC/C=C\C/C=C\C/C=C\C/C=C\C/C=C\C/C=C\C/C=C\C/C=C\C/C=C\CCCCCC(=O)OCC(COC(=O)CCCCCCC/C=C\CCCCCCCC)OC(=O)CCCCCC/C=C\C/C=C\C/C=C\C/C=C\CC. The van der Waals surface area contributed by atoms with Crippen LogP contribution in [0.2, 0.25) is 0 Å². The van der Waals surface area contributed by atoms with Crippen molar-refractivity contribution in [3.05, 3.63) is 170 Å².